The second kappa shape index (κ2) is 5.89. The maximum Gasteiger partial charge on any atom is 0.229 e. The molecule has 2 rings (SSSR count). The van der Waals surface area contributed by atoms with E-state index in [9.17, 15) is 4.79 Å². The molecule has 1 aromatic heterocycles. The molecule has 5 heteroatoms. The quantitative estimate of drug-likeness (QED) is 0.932. The number of aromatic nitrogens is 2. The second-order valence-electron chi connectivity index (χ2n) is 4.61. The molecule has 1 N–H and O–H groups in total. The lowest BCUT2D eigenvalue weighted by molar-refractivity contribution is -0.115. The van der Waals surface area contributed by atoms with Gasteiger partial charge in [0.1, 0.15) is 5.82 Å². The lowest BCUT2D eigenvalue weighted by atomic mass is 10.1. The van der Waals surface area contributed by atoms with E-state index in [0.717, 1.165) is 5.56 Å². The summed E-state index contributed by atoms with van der Waals surface area (Å²) in [5, 5.41) is 7.67. The molecular formula is C14H16ClN3O. The van der Waals surface area contributed by atoms with E-state index in [1.807, 2.05) is 26.0 Å². The van der Waals surface area contributed by atoms with Crippen molar-refractivity contribution in [2.45, 2.75) is 26.3 Å². The number of nitrogens with one attached hydrogen (secondary N) is 1. The molecule has 19 heavy (non-hydrogen) atoms. The maximum absolute atomic E-state index is 12.0. The molecule has 1 amide bonds. The Hall–Kier alpha value is -1.81. The predicted octanol–water partition coefficient (Wildman–Crippen LogP) is 3.30. The SMILES string of the molecule is CC(C)n1nccc1NC(=O)Cc1cccc(Cl)c1. The summed E-state index contributed by atoms with van der Waals surface area (Å²) in [7, 11) is 0. The zero-order chi connectivity index (χ0) is 13.8. The van der Waals surface area contributed by atoms with Crippen LogP contribution in [0.1, 0.15) is 25.5 Å². The molecule has 0 aliphatic carbocycles. The molecule has 0 spiro atoms. The highest BCUT2D eigenvalue weighted by Crippen LogP contribution is 2.15. The van der Waals surface area contributed by atoms with Crippen LogP contribution in [0.25, 0.3) is 0 Å². The smallest absolute Gasteiger partial charge is 0.229 e. The fourth-order valence-electron chi connectivity index (χ4n) is 1.84. The largest absolute Gasteiger partial charge is 0.311 e. The van der Waals surface area contributed by atoms with E-state index in [2.05, 4.69) is 10.4 Å². The highest BCUT2D eigenvalue weighted by Gasteiger charge is 2.10. The minimum atomic E-state index is -0.0790. The average Bonchev–Trinajstić information content (AvgIpc) is 2.76. The molecule has 4 nitrogen and oxygen atoms in total. The zero-order valence-electron chi connectivity index (χ0n) is 10.9. The van der Waals surface area contributed by atoms with Crippen molar-refractivity contribution in [1.29, 1.82) is 0 Å². The van der Waals surface area contributed by atoms with Gasteiger partial charge in [-0.3, -0.25) is 4.79 Å². The number of amides is 1. The summed E-state index contributed by atoms with van der Waals surface area (Å²) in [6.45, 7) is 4.03. The first-order valence-electron chi connectivity index (χ1n) is 6.14. The zero-order valence-corrected chi connectivity index (χ0v) is 11.7. The van der Waals surface area contributed by atoms with Gasteiger partial charge >= 0.3 is 0 Å². The third-order valence-corrected chi connectivity index (χ3v) is 2.92. The van der Waals surface area contributed by atoms with Gasteiger partial charge < -0.3 is 5.32 Å². The Labute approximate surface area is 117 Å². The van der Waals surface area contributed by atoms with E-state index in [-0.39, 0.29) is 11.9 Å². The average molecular weight is 278 g/mol. The molecule has 100 valence electrons. The van der Waals surface area contributed by atoms with Crippen LogP contribution in [-0.2, 0) is 11.2 Å². The molecular weight excluding hydrogens is 262 g/mol. The topological polar surface area (TPSA) is 46.9 Å². The Kier molecular flexibility index (Phi) is 4.22. The number of hydrogen-bond donors (Lipinski definition) is 1. The van der Waals surface area contributed by atoms with Crippen LogP contribution in [0.15, 0.2) is 36.5 Å². The molecule has 0 saturated heterocycles. The van der Waals surface area contributed by atoms with Crippen molar-refractivity contribution < 1.29 is 4.79 Å². The number of rotatable bonds is 4. The van der Waals surface area contributed by atoms with E-state index < -0.39 is 0 Å². The molecule has 0 radical (unpaired) electrons. The van der Waals surface area contributed by atoms with Crippen molar-refractivity contribution in [3.8, 4) is 0 Å². The Morgan fingerprint density at radius 3 is 2.89 bits per heavy atom. The van der Waals surface area contributed by atoms with Crippen LogP contribution in [0.5, 0.6) is 0 Å². The van der Waals surface area contributed by atoms with E-state index in [0.29, 0.717) is 17.3 Å². The number of carbonyl (C=O) groups is 1. The molecule has 0 atom stereocenters. The van der Waals surface area contributed by atoms with Crippen LogP contribution >= 0.6 is 11.6 Å². The van der Waals surface area contributed by atoms with Crippen LogP contribution in [0.3, 0.4) is 0 Å². The van der Waals surface area contributed by atoms with Gasteiger partial charge in [0, 0.05) is 17.1 Å². The van der Waals surface area contributed by atoms with Gasteiger partial charge in [-0.05, 0) is 31.5 Å². The first-order chi connectivity index (χ1) is 9.06. The fraction of sp³-hybridized carbons (Fsp3) is 0.286. The molecule has 0 aliphatic rings. The monoisotopic (exact) mass is 277 g/mol. The van der Waals surface area contributed by atoms with Gasteiger partial charge in [0.2, 0.25) is 5.91 Å². The highest BCUT2D eigenvalue weighted by molar-refractivity contribution is 6.30. The molecule has 1 heterocycles. The molecule has 2 aromatic rings. The summed E-state index contributed by atoms with van der Waals surface area (Å²) >= 11 is 5.89. The van der Waals surface area contributed by atoms with Crippen molar-refractivity contribution in [3.05, 3.63) is 47.1 Å². The van der Waals surface area contributed by atoms with Crippen molar-refractivity contribution in [3.63, 3.8) is 0 Å². The second-order valence-corrected chi connectivity index (χ2v) is 5.05. The number of benzene rings is 1. The van der Waals surface area contributed by atoms with Gasteiger partial charge in [0.05, 0.1) is 12.6 Å². The summed E-state index contributed by atoms with van der Waals surface area (Å²) < 4.78 is 1.77. The predicted molar refractivity (Wildman–Crippen MR) is 76.4 cm³/mol. The first kappa shape index (κ1) is 13.6. The van der Waals surface area contributed by atoms with Crippen molar-refractivity contribution in [2.75, 3.05) is 5.32 Å². The van der Waals surface area contributed by atoms with E-state index in [4.69, 9.17) is 11.6 Å². The summed E-state index contributed by atoms with van der Waals surface area (Å²) in [6.07, 6.45) is 1.97. The van der Waals surface area contributed by atoms with Crippen LogP contribution in [0.4, 0.5) is 5.82 Å². The van der Waals surface area contributed by atoms with Crippen LogP contribution in [-0.4, -0.2) is 15.7 Å². The Morgan fingerprint density at radius 1 is 1.42 bits per heavy atom. The van der Waals surface area contributed by atoms with Crippen molar-refractivity contribution in [2.24, 2.45) is 0 Å². The van der Waals surface area contributed by atoms with Gasteiger partial charge in [-0.1, -0.05) is 23.7 Å². The van der Waals surface area contributed by atoms with Gasteiger partial charge in [0.15, 0.2) is 0 Å². The van der Waals surface area contributed by atoms with Gasteiger partial charge in [-0.2, -0.15) is 5.10 Å². The van der Waals surface area contributed by atoms with Crippen LogP contribution in [0, 0.1) is 0 Å². The number of nitrogens with zero attached hydrogens (tertiary/aromatic N) is 2. The summed E-state index contributed by atoms with van der Waals surface area (Å²) in [5.41, 5.74) is 0.889. The molecule has 0 fully saturated rings. The Morgan fingerprint density at radius 2 is 2.21 bits per heavy atom. The molecule has 0 saturated carbocycles. The van der Waals surface area contributed by atoms with Gasteiger partial charge in [-0.15, -0.1) is 0 Å². The standard InChI is InChI=1S/C14H16ClN3O/c1-10(2)18-13(6-7-16-18)17-14(19)9-11-4-3-5-12(15)8-11/h3-8,10H,9H2,1-2H3,(H,17,19). The molecule has 1 aromatic carbocycles. The number of carbonyl (C=O) groups excluding carboxylic acids is 1. The summed E-state index contributed by atoms with van der Waals surface area (Å²) in [6, 6.07) is 9.29. The van der Waals surface area contributed by atoms with E-state index in [1.165, 1.54) is 0 Å². The molecule has 0 unspecified atom stereocenters. The third-order valence-electron chi connectivity index (χ3n) is 2.68. The molecule has 0 aliphatic heterocycles. The van der Waals surface area contributed by atoms with Crippen molar-refractivity contribution >= 4 is 23.3 Å². The Balaban J connectivity index is 2.03. The number of halogens is 1. The first-order valence-corrected chi connectivity index (χ1v) is 6.52. The minimum Gasteiger partial charge on any atom is -0.311 e. The summed E-state index contributed by atoms with van der Waals surface area (Å²) in [4.78, 5) is 12.0. The van der Waals surface area contributed by atoms with Gasteiger partial charge in [-0.25, -0.2) is 4.68 Å². The normalized spacial score (nSPS) is 10.7. The molecule has 0 bridgehead atoms. The lowest BCUT2D eigenvalue weighted by Gasteiger charge is -2.11. The van der Waals surface area contributed by atoms with Gasteiger partial charge in [0.25, 0.3) is 0 Å². The number of anilines is 1. The Bertz CT molecular complexity index is 578. The summed E-state index contributed by atoms with van der Waals surface area (Å²) in [5.74, 6) is 0.631. The maximum atomic E-state index is 12.0. The third kappa shape index (κ3) is 3.58. The van der Waals surface area contributed by atoms with Crippen LogP contribution in [0.2, 0.25) is 5.02 Å². The van der Waals surface area contributed by atoms with Crippen LogP contribution < -0.4 is 5.32 Å². The number of hydrogen-bond acceptors (Lipinski definition) is 2. The minimum absolute atomic E-state index is 0.0790. The lowest BCUT2D eigenvalue weighted by Crippen LogP contribution is -2.18. The van der Waals surface area contributed by atoms with E-state index in [1.54, 1.807) is 29.1 Å². The fourth-order valence-corrected chi connectivity index (χ4v) is 2.06. The van der Waals surface area contributed by atoms with Crippen molar-refractivity contribution in [1.82, 2.24) is 9.78 Å². The highest BCUT2D eigenvalue weighted by atomic mass is 35.5. The van der Waals surface area contributed by atoms with E-state index >= 15 is 0 Å².